The zero-order valence-corrected chi connectivity index (χ0v) is 10.5. The van der Waals surface area contributed by atoms with Gasteiger partial charge in [0.15, 0.2) is 0 Å². The third kappa shape index (κ3) is 4.01. The Kier molecular flexibility index (Phi) is 4.78. The molecular formula is C11H15BrN2O. The van der Waals surface area contributed by atoms with Crippen LogP contribution in [0.15, 0.2) is 28.7 Å². The van der Waals surface area contributed by atoms with Crippen LogP contribution in [0.5, 0.6) is 0 Å². The molecule has 82 valence electrons. The average Bonchev–Trinajstić information content (AvgIpc) is 2.26. The van der Waals surface area contributed by atoms with Crippen molar-refractivity contribution in [3.63, 3.8) is 0 Å². The summed E-state index contributed by atoms with van der Waals surface area (Å²) < 4.78 is 1.06. The maximum Gasteiger partial charge on any atom is 0.233 e. The number of carbonyl (C=O) groups excluding carboxylic acids is 1. The van der Waals surface area contributed by atoms with Crippen LogP contribution in [0.25, 0.3) is 0 Å². The summed E-state index contributed by atoms with van der Waals surface area (Å²) >= 11 is 3.38. The van der Waals surface area contributed by atoms with Crippen molar-refractivity contribution in [3.05, 3.63) is 34.3 Å². The van der Waals surface area contributed by atoms with Crippen LogP contribution in [0.1, 0.15) is 18.5 Å². The summed E-state index contributed by atoms with van der Waals surface area (Å²) in [4.78, 5) is 11.0. The second kappa shape index (κ2) is 5.88. The Morgan fingerprint density at radius 3 is 2.53 bits per heavy atom. The van der Waals surface area contributed by atoms with E-state index in [-0.39, 0.29) is 11.9 Å². The molecule has 1 rings (SSSR count). The smallest absolute Gasteiger partial charge is 0.233 e. The third-order valence-electron chi connectivity index (χ3n) is 2.22. The number of carbonyl (C=O) groups is 1. The van der Waals surface area contributed by atoms with Crippen LogP contribution < -0.4 is 10.6 Å². The number of halogens is 1. The Balaban J connectivity index is 2.50. The first-order valence-electron chi connectivity index (χ1n) is 4.83. The number of nitrogens with one attached hydrogen (secondary N) is 2. The van der Waals surface area contributed by atoms with Crippen molar-refractivity contribution in [1.29, 1.82) is 0 Å². The highest BCUT2D eigenvalue weighted by Gasteiger charge is 2.05. The van der Waals surface area contributed by atoms with Crippen molar-refractivity contribution in [2.24, 2.45) is 0 Å². The molecule has 15 heavy (non-hydrogen) atoms. The van der Waals surface area contributed by atoms with E-state index in [9.17, 15) is 4.79 Å². The van der Waals surface area contributed by atoms with E-state index in [0.29, 0.717) is 6.54 Å². The highest BCUT2D eigenvalue weighted by Crippen LogP contribution is 2.15. The second-order valence-electron chi connectivity index (χ2n) is 3.33. The number of rotatable bonds is 4. The van der Waals surface area contributed by atoms with Gasteiger partial charge in [-0.25, -0.2) is 0 Å². The monoisotopic (exact) mass is 270 g/mol. The maximum absolute atomic E-state index is 11.0. The van der Waals surface area contributed by atoms with Gasteiger partial charge in [0.05, 0.1) is 6.54 Å². The highest BCUT2D eigenvalue weighted by atomic mass is 79.9. The van der Waals surface area contributed by atoms with E-state index in [1.54, 1.807) is 7.05 Å². The first kappa shape index (κ1) is 12.2. The summed E-state index contributed by atoms with van der Waals surface area (Å²) in [6.07, 6.45) is 0. The predicted octanol–water partition coefficient (Wildman–Crippen LogP) is 1.85. The summed E-state index contributed by atoms with van der Waals surface area (Å²) in [5.74, 6) is -0.000961. The number of hydrogen-bond acceptors (Lipinski definition) is 2. The molecule has 0 aliphatic rings. The summed E-state index contributed by atoms with van der Waals surface area (Å²) in [6, 6.07) is 8.23. The van der Waals surface area contributed by atoms with Gasteiger partial charge < -0.3 is 10.6 Å². The van der Waals surface area contributed by atoms with Crippen molar-refractivity contribution < 1.29 is 4.79 Å². The van der Waals surface area contributed by atoms with Crippen LogP contribution in [0.2, 0.25) is 0 Å². The molecule has 0 spiro atoms. The van der Waals surface area contributed by atoms with Gasteiger partial charge in [-0.1, -0.05) is 28.1 Å². The molecule has 0 aliphatic heterocycles. The molecule has 4 heteroatoms. The standard InChI is InChI=1S/C11H15BrN2O/c1-8(14-7-11(15)13-2)9-3-5-10(12)6-4-9/h3-6,8,14H,7H2,1-2H3,(H,13,15). The van der Waals surface area contributed by atoms with Gasteiger partial charge in [0, 0.05) is 17.6 Å². The van der Waals surface area contributed by atoms with E-state index >= 15 is 0 Å². The topological polar surface area (TPSA) is 41.1 Å². The summed E-state index contributed by atoms with van der Waals surface area (Å²) in [7, 11) is 1.63. The Labute approximate surface area is 98.4 Å². The first-order valence-corrected chi connectivity index (χ1v) is 5.62. The molecule has 0 aliphatic carbocycles. The fourth-order valence-electron chi connectivity index (χ4n) is 1.20. The van der Waals surface area contributed by atoms with Crippen molar-refractivity contribution in [2.75, 3.05) is 13.6 Å². The van der Waals surface area contributed by atoms with Crippen LogP contribution in [0.4, 0.5) is 0 Å². The van der Waals surface area contributed by atoms with Crippen molar-refractivity contribution in [3.8, 4) is 0 Å². The molecule has 0 radical (unpaired) electrons. The van der Waals surface area contributed by atoms with Crippen LogP contribution >= 0.6 is 15.9 Å². The van der Waals surface area contributed by atoms with Crippen LogP contribution in [0.3, 0.4) is 0 Å². The molecule has 1 atom stereocenters. The lowest BCUT2D eigenvalue weighted by molar-refractivity contribution is -0.119. The molecule has 0 bridgehead atoms. The van der Waals surface area contributed by atoms with Gasteiger partial charge in [-0.05, 0) is 24.6 Å². The Morgan fingerprint density at radius 2 is 2.00 bits per heavy atom. The van der Waals surface area contributed by atoms with Gasteiger partial charge in [0.2, 0.25) is 5.91 Å². The largest absolute Gasteiger partial charge is 0.358 e. The molecule has 0 saturated heterocycles. The van der Waals surface area contributed by atoms with Crippen LogP contribution in [0, 0.1) is 0 Å². The summed E-state index contributed by atoms with van der Waals surface area (Å²) in [6.45, 7) is 2.37. The van der Waals surface area contributed by atoms with Gasteiger partial charge in [-0.2, -0.15) is 0 Å². The number of hydrogen-bond donors (Lipinski definition) is 2. The van der Waals surface area contributed by atoms with E-state index in [1.807, 2.05) is 31.2 Å². The lowest BCUT2D eigenvalue weighted by Gasteiger charge is -2.13. The van der Waals surface area contributed by atoms with Crippen molar-refractivity contribution >= 4 is 21.8 Å². The fourth-order valence-corrected chi connectivity index (χ4v) is 1.47. The number of likely N-dealkylation sites (N-methyl/N-ethyl adjacent to an activating group) is 1. The predicted molar refractivity (Wildman–Crippen MR) is 64.6 cm³/mol. The molecule has 0 heterocycles. The van der Waals surface area contributed by atoms with Gasteiger partial charge >= 0.3 is 0 Å². The Hall–Kier alpha value is -0.870. The van der Waals surface area contributed by atoms with Crippen molar-refractivity contribution in [2.45, 2.75) is 13.0 Å². The minimum Gasteiger partial charge on any atom is -0.358 e. The van der Waals surface area contributed by atoms with Crippen LogP contribution in [-0.2, 0) is 4.79 Å². The molecule has 1 amide bonds. The van der Waals surface area contributed by atoms with E-state index in [1.165, 1.54) is 5.56 Å². The zero-order valence-electron chi connectivity index (χ0n) is 8.88. The summed E-state index contributed by atoms with van der Waals surface area (Å²) in [5, 5.41) is 5.71. The molecule has 3 nitrogen and oxygen atoms in total. The molecule has 0 fully saturated rings. The quantitative estimate of drug-likeness (QED) is 0.877. The molecule has 1 aromatic carbocycles. The fraction of sp³-hybridized carbons (Fsp3) is 0.364. The molecule has 0 aromatic heterocycles. The second-order valence-corrected chi connectivity index (χ2v) is 4.24. The molecule has 1 unspecified atom stereocenters. The number of benzene rings is 1. The molecule has 1 aromatic rings. The third-order valence-corrected chi connectivity index (χ3v) is 2.75. The Morgan fingerprint density at radius 1 is 1.40 bits per heavy atom. The molecular weight excluding hydrogens is 256 g/mol. The first-order chi connectivity index (χ1) is 7.13. The van der Waals surface area contributed by atoms with E-state index in [0.717, 1.165) is 4.47 Å². The van der Waals surface area contributed by atoms with E-state index in [2.05, 4.69) is 26.6 Å². The SMILES string of the molecule is CNC(=O)CNC(C)c1ccc(Br)cc1. The van der Waals surface area contributed by atoms with Gasteiger partial charge in [-0.3, -0.25) is 4.79 Å². The average molecular weight is 271 g/mol. The van der Waals surface area contributed by atoms with Crippen LogP contribution in [-0.4, -0.2) is 19.5 Å². The maximum atomic E-state index is 11.0. The van der Waals surface area contributed by atoms with E-state index in [4.69, 9.17) is 0 Å². The van der Waals surface area contributed by atoms with Gasteiger partial charge in [-0.15, -0.1) is 0 Å². The van der Waals surface area contributed by atoms with E-state index < -0.39 is 0 Å². The molecule has 2 N–H and O–H groups in total. The summed E-state index contributed by atoms with van der Waals surface area (Å²) in [5.41, 5.74) is 1.17. The lowest BCUT2D eigenvalue weighted by Crippen LogP contribution is -2.32. The Bertz CT molecular complexity index is 324. The van der Waals surface area contributed by atoms with Crippen molar-refractivity contribution in [1.82, 2.24) is 10.6 Å². The highest BCUT2D eigenvalue weighted by molar-refractivity contribution is 9.10. The van der Waals surface area contributed by atoms with Gasteiger partial charge in [0.1, 0.15) is 0 Å². The lowest BCUT2D eigenvalue weighted by atomic mass is 10.1. The minimum absolute atomic E-state index is 0.000961. The number of amides is 1. The van der Waals surface area contributed by atoms with Gasteiger partial charge in [0.25, 0.3) is 0 Å². The zero-order chi connectivity index (χ0) is 11.3. The minimum atomic E-state index is -0.000961. The molecule has 0 saturated carbocycles. The normalized spacial score (nSPS) is 12.2.